The third kappa shape index (κ3) is 3.36. The van der Waals surface area contributed by atoms with E-state index in [1.54, 1.807) is 13.2 Å². The molecule has 0 aromatic heterocycles. The minimum atomic E-state index is -0.118. The van der Waals surface area contributed by atoms with Crippen molar-refractivity contribution in [2.45, 2.75) is 19.8 Å². The van der Waals surface area contributed by atoms with Crippen LogP contribution in [0.5, 0.6) is 5.75 Å². The summed E-state index contributed by atoms with van der Waals surface area (Å²) >= 11 is 3.52. The number of methoxy groups -OCH3 is 1. The lowest BCUT2D eigenvalue weighted by Gasteiger charge is -2.34. The van der Waals surface area contributed by atoms with Gasteiger partial charge < -0.3 is 14.4 Å². The number of carbonyl (C=O) groups is 1. The molecule has 0 N–H and O–H groups in total. The SMILES string of the molecule is CCOC(=O)C1CCN(c2c(Br)ccc(OC)c2C#N)CC1. The fourth-order valence-electron chi connectivity index (χ4n) is 2.73. The Morgan fingerprint density at radius 2 is 2.14 bits per heavy atom. The van der Waals surface area contributed by atoms with Crippen LogP contribution in [-0.2, 0) is 9.53 Å². The Morgan fingerprint density at radius 1 is 1.45 bits per heavy atom. The molecule has 1 heterocycles. The quantitative estimate of drug-likeness (QED) is 0.766. The molecule has 1 aliphatic rings. The first-order chi connectivity index (χ1) is 10.6. The van der Waals surface area contributed by atoms with Gasteiger partial charge >= 0.3 is 5.97 Å². The summed E-state index contributed by atoms with van der Waals surface area (Å²) in [6, 6.07) is 5.88. The number of benzene rings is 1. The predicted octanol–water partition coefficient (Wildman–Crippen LogP) is 3.11. The summed E-state index contributed by atoms with van der Waals surface area (Å²) in [5.74, 6) is 0.395. The van der Waals surface area contributed by atoms with Gasteiger partial charge in [-0.25, -0.2) is 0 Å². The van der Waals surface area contributed by atoms with E-state index in [9.17, 15) is 10.1 Å². The van der Waals surface area contributed by atoms with Crippen LogP contribution >= 0.6 is 15.9 Å². The van der Waals surface area contributed by atoms with Gasteiger partial charge in [-0.3, -0.25) is 4.79 Å². The Bertz CT molecular complexity index is 590. The number of anilines is 1. The highest BCUT2D eigenvalue weighted by atomic mass is 79.9. The van der Waals surface area contributed by atoms with Crippen molar-refractivity contribution in [1.29, 1.82) is 5.26 Å². The highest BCUT2D eigenvalue weighted by Gasteiger charge is 2.28. The number of nitrogens with zero attached hydrogens (tertiary/aromatic N) is 2. The van der Waals surface area contributed by atoms with E-state index >= 15 is 0 Å². The molecule has 6 heteroatoms. The second-order valence-electron chi connectivity index (χ2n) is 5.10. The van der Waals surface area contributed by atoms with Crippen LogP contribution in [0.15, 0.2) is 16.6 Å². The molecular formula is C16H19BrN2O3. The molecule has 1 aromatic rings. The normalized spacial score (nSPS) is 15.3. The van der Waals surface area contributed by atoms with Crippen molar-refractivity contribution in [1.82, 2.24) is 0 Å². The van der Waals surface area contributed by atoms with Crippen molar-refractivity contribution in [2.75, 3.05) is 31.7 Å². The van der Waals surface area contributed by atoms with Gasteiger partial charge in [0, 0.05) is 17.6 Å². The average Bonchev–Trinajstić information content (AvgIpc) is 2.54. The zero-order chi connectivity index (χ0) is 16.1. The molecule has 0 aliphatic carbocycles. The van der Waals surface area contributed by atoms with Crippen LogP contribution in [0.3, 0.4) is 0 Å². The molecule has 0 atom stereocenters. The molecule has 1 saturated heterocycles. The lowest BCUT2D eigenvalue weighted by atomic mass is 9.96. The van der Waals surface area contributed by atoms with Gasteiger partial charge in [0.25, 0.3) is 0 Å². The molecule has 0 bridgehead atoms. The Kier molecular flexibility index (Phi) is 5.67. The first kappa shape index (κ1) is 16.6. The third-order valence-electron chi connectivity index (χ3n) is 3.85. The summed E-state index contributed by atoms with van der Waals surface area (Å²) in [6.45, 7) is 3.66. The topological polar surface area (TPSA) is 62.6 Å². The fourth-order valence-corrected chi connectivity index (χ4v) is 3.31. The van der Waals surface area contributed by atoms with E-state index in [0.717, 1.165) is 23.0 Å². The number of hydrogen-bond acceptors (Lipinski definition) is 5. The van der Waals surface area contributed by atoms with Crippen molar-refractivity contribution in [3.63, 3.8) is 0 Å². The van der Waals surface area contributed by atoms with Crippen molar-refractivity contribution in [3.8, 4) is 11.8 Å². The lowest BCUT2D eigenvalue weighted by Crippen LogP contribution is -2.37. The molecule has 0 saturated carbocycles. The largest absolute Gasteiger partial charge is 0.495 e. The highest BCUT2D eigenvalue weighted by Crippen LogP contribution is 2.37. The van der Waals surface area contributed by atoms with Gasteiger partial charge in [0.15, 0.2) is 0 Å². The van der Waals surface area contributed by atoms with Gasteiger partial charge in [0.05, 0.1) is 25.3 Å². The first-order valence-corrected chi connectivity index (χ1v) is 8.09. The van der Waals surface area contributed by atoms with Crippen LogP contribution in [0.2, 0.25) is 0 Å². The van der Waals surface area contributed by atoms with Gasteiger partial charge in [-0.15, -0.1) is 0 Å². The molecule has 0 unspecified atom stereocenters. The number of hydrogen-bond donors (Lipinski definition) is 0. The molecule has 5 nitrogen and oxygen atoms in total. The summed E-state index contributed by atoms with van der Waals surface area (Å²) < 4.78 is 11.2. The minimum absolute atomic E-state index is 0.0499. The van der Waals surface area contributed by atoms with E-state index in [-0.39, 0.29) is 11.9 Å². The summed E-state index contributed by atoms with van der Waals surface area (Å²) in [4.78, 5) is 13.9. The van der Waals surface area contributed by atoms with E-state index < -0.39 is 0 Å². The second kappa shape index (κ2) is 7.50. The minimum Gasteiger partial charge on any atom is -0.495 e. The van der Waals surface area contributed by atoms with Crippen LogP contribution in [0, 0.1) is 17.2 Å². The maximum absolute atomic E-state index is 11.8. The van der Waals surface area contributed by atoms with E-state index in [2.05, 4.69) is 26.9 Å². The van der Waals surface area contributed by atoms with Crippen molar-refractivity contribution in [2.24, 2.45) is 5.92 Å². The van der Waals surface area contributed by atoms with Crippen LogP contribution in [-0.4, -0.2) is 32.8 Å². The number of ether oxygens (including phenoxy) is 2. The molecule has 1 fully saturated rings. The van der Waals surface area contributed by atoms with Gasteiger partial charge in [0.2, 0.25) is 0 Å². The average molecular weight is 367 g/mol. The molecule has 0 amide bonds. The number of carbonyl (C=O) groups excluding carboxylic acids is 1. The highest BCUT2D eigenvalue weighted by molar-refractivity contribution is 9.10. The number of piperidine rings is 1. The van der Waals surface area contributed by atoms with Gasteiger partial charge in [-0.2, -0.15) is 5.26 Å². The first-order valence-electron chi connectivity index (χ1n) is 7.30. The van der Waals surface area contributed by atoms with E-state index in [1.165, 1.54) is 0 Å². The van der Waals surface area contributed by atoms with Crippen molar-refractivity contribution >= 4 is 27.6 Å². The van der Waals surface area contributed by atoms with Crippen molar-refractivity contribution < 1.29 is 14.3 Å². The fraction of sp³-hybridized carbons (Fsp3) is 0.500. The molecule has 1 aromatic carbocycles. The number of nitriles is 1. The summed E-state index contributed by atoms with van der Waals surface area (Å²) in [6.07, 6.45) is 1.46. The number of rotatable bonds is 4. The molecule has 0 radical (unpaired) electrons. The zero-order valence-electron chi connectivity index (χ0n) is 12.8. The standard InChI is InChI=1S/C16H19BrN2O3/c1-3-22-16(20)11-6-8-19(9-7-11)15-12(10-18)14(21-2)5-4-13(15)17/h4-5,11H,3,6-9H2,1-2H3. The monoisotopic (exact) mass is 366 g/mol. The van der Waals surface area contributed by atoms with Crippen LogP contribution in [0.1, 0.15) is 25.3 Å². The Balaban J connectivity index is 2.18. The van der Waals surface area contributed by atoms with E-state index in [0.29, 0.717) is 31.0 Å². The third-order valence-corrected chi connectivity index (χ3v) is 4.49. The summed E-state index contributed by atoms with van der Waals surface area (Å²) in [5, 5.41) is 9.44. The van der Waals surface area contributed by atoms with Gasteiger partial charge in [-0.1, -0.05) is 0 Å². The maximum atomic E-state index is 11.8. The zero-order valence-corrected chi connectivity index (χ0v) is 14.4. The Hall–Kier alpha value is -1.74. The molecular weight excluding hydrogens is 348 g/mol. The maximum Gasteiger partial charge on any atom is 0.309 e. The van der Waals surface area contributed by atoms with Crippen LogP contribution in [0.25, 0.3) is 0 Å². The van der Waals surface area contributed by atoms with E-state index in [1.807, 2.05) is 13.0 Å². The van der Waals surface area contributed by atoms with Crippen LogP contribution in [0.4, 0.5) is 5.69 Å². The lowest BCUT2D eigenvalue weighted by molar-refractivity contribution is -0.148. The Morgan fingerprint density at radius 3 is 2.68 bits per heavy atom. The van der Waals surface area contributed by atoms with Gasteiger partial charge in [-0.05, 0) is 47.8 Å². The smallest absolute Gasteiger partial charge is 0.309 e. The molecule has 2 rings (SSSR count). The van der Waals surface area contributed by atoms with E-state index in [4.69, 9.17) is 9.47 Å². The molecule has 22 heavy (non-hydrogen) atoms. The van der Waals surface area contributed by atoms with Gasteiger partial charge in [0.1, 0.15) is 17.4 Å². The summed E-state index contributed by atoms with van der Waals surface area (Å²) in [5.41, 5.74) is 1.36. The van der Waals surface area contributed by atoms with Crippen molar-refractivity contribution in [3.05, 3.63) is 22.2 Å². The number of halogens is 1. The number of esters is 1. The molecule has 0 spiro atoms. The van der Waals surface area contributed by atoms with Crippen LogP contribution < -0.4 is 9.64 Å². The molecule has 118 valence electrons. The summed E-state index contributed by atoms with van der Waals surface area (Å²) in [7, 11) is 1.56. The Labute approximate surface area is 138 Å². The predicted molar refractivity (Wildman–Crippen MR) is 87.0 cm³/mol. The second-order valence-corrected chi connectivity index (χ2v) is 5.95. The molecule has 1 aliphatic heterocycles.